The highest BCUT2D eigenvalue weighted by Gasteiger charge is 2.02. The lowest BCUT2D eigenvalue weighted by atomic mass is 10.4. The van der Waals surface area contributed by atoms with Gasteiger partial charge < -0.3 is 9.36 Å². The molecule has 0 aliphatic rings. The summed E-state index contributed by atoms with van der Waals surface area (Å²) in [5.74, 6) is 0.824. The highest BCUT2D eigenvalue weighted by molar-refractivity contribution is 5.02. The van der Waals surface area contributed by atoms with Gasteiger partial charge in [0, 0.05) is 13.1 Å². The smallest absolute Gasteiger partial charge is 0.133 e. The first-order valence-electron chi connectivity index (χ1n) is 3.40. The molecule has 0 N–H and O–H groups in total. The van der Waals surface area contributed by atoms with Gasteiger partial charge in [-0.05, 0) is 6.92 Å². The summed E-state index contributed by atoms with van der Waals surface area (Å²) in [4.78, 5) is 4.92. The minimum Gasteiger partial charge on any atom is -0.361 e. The van der Waals surface area contributed by atoms with Gasteiger partial charge >= 0.3 is 0 Å². The fourth-order valence-corrected chi connectivity index (χ4v) is 0.785. The lowest BCUT2D eigenvalue weighted by molar-refractivity contribution is -0.117. The van der Waals surface area contributed by atoms with E-state index in [0.29, 0.717) is 6.54 Å². The Hall–Kier alpha value is -0.870. The van der Waals surface area contributed by atoms with E-state index < -0.39 is 0 Å². The van der Waals surface area contributed by atoms with Crippen LogP contribution in [0.4, 0.5) is 0 Å². The molecule has 1 aromatic rings. The summed E-state index contributed by atoms with van der Waals surface area (Å²) in [6, 6.07) is 1.88. The van der Waals surface area contributed by atoms with E-state index in [4.69, 9.17) is 9.36 Å². The van der Waals surface area contributed by atoms with Gasteiger partial charge in [-0.2, -0.15) is 5.06 Å². The van der Waals surface area contributed by atoms with Crippen LogP contribution >= 0.6 is 0 Å². The summed E-state index contributed by atoms with van der Waals surface area (Å²) in [5, 5.41) is 5.48. The third-order valence-corrected chi connectivity index (χ3v) is 1.37. The third-order valence-electron chi connectivity index (χ3n) is 1.37. The summed E-state index contributed by atoms with van der Waals surface area (Å²) in [6.07, 6.45) is 0. The van der Waals surface area contributed by atoms with Crippen molar-refractivity contribution in [3.8, 4) is 0 Å². The van der Waals surface area contributed by atoms with Crippen molar-refractivity contribution < 1.29 is 9.36 Å². The largest absolute Gasteiger partial charge is 0.361 e. The Morgan fingerprint density at radius 1 is 1.73 bits per heavy atom. The van der Waals surface area contributed by atoms with Crippen LogP contribution in [-0.2, 0) is 11.4 Å². The first-order valence-corrected chi connectivity index (χ1v) is 3.40. The summed E-state index contributed by atoms with van der Waals surface area (Å²) < 4.78 is 4.88. The molecule has 0 atom stereocenters. The van der Waals surface area contributed by atoms with Crippen LogP contribution in [0.25, 0.3) is 0 Å². The Kier molecular flexibility index (Phi) is 2.62. The molecule has 0 bridgehead atoms. The second-order valence-corrected chi connectivity index (χ2v) is 2.40. The van der Waals surface area contributed by atoms with E-state index in [1.807, 2.05) is 20.0 Å². The first kappa shape index (κ1) is 8.23. The average molecular weight is 156 g/mol. The van der Waals surface area contributed by atoms with E-state index in [9.17, 15) is 0 Å². The molecule has 0 saturated heterocycles. The lowest BCUT2D eigenvalue weighted by Crippen LogP contribution is -2.15. The summed E-state index contributed by atoms with van der Waals surface area (Å²) in [6.45, 7) is 2.51. The molecule has 0 spiro atoms. The monoisotopic (exact) mass is 156 g/mol. The van der Waals surface area contributed by atoms with Crippen molar-refractivity contribution in [2.45, 2.75) is 13.5 Å². The van der Waals surface area contributed by atoms with Gasteiger partial charge in [-0.3, -0.25) is 0 Å². The van der Waals surface area contributed by atoms with E-state index in [2.05, 4.69) is 5.16 Å². The van der Waals surface area contributed by atoms with E-state index in [-0.39, 0.29) is 0 Å². The number of hydrogen-bond donors (Lipinski definition) is 0. The molecule has 4 heteroatoms. The van der Waals surface area contributed by atoms with Crippen molar-refractivity contribution in [2.75, 3.05) is 14.2 Å². The highest BCUT2D eigenvalue weighted by Crippen LogP contribution is 2.03. The summed E-state index contributed by atoms with van der Waals surface area (Å²) >= 11 is 0. The fraction of sp³-hybridized carbons (Fsp3) is 0.571. The molecule has 0 saturated carbocycles. The van der Waals surface area contributed by atoms with Crippen LogP contribution in [0, 0.1) is 6.92 Å². The molecule has 0 radical (unpaired) electrons. The number of rotatable bonds is 3. The van der Waals surface area contributed by atoms with Gasteiger partial charge in [-0.25, -0.2) is 0 Å². The molecule has 11 heavy (non-hydrogen) atoms. The van der Waals surface area contributed by atoms with Gasteiger partial charge in [-0.1, -0.05) is 5.16 Å². The number of hydrogen-bond acceptors (Lipinski definition) is 4. The number of aromatic nitrogens is 1. The van der Waals surface area contributed by atoms with Crippen LogP contribution in [0.3, 0.4) is 0 Å². The van der Waals surface area contributed by atoms with Gasteiger partial charge in [0.2, 0.25) is 0 Å². The quantitative estimate of drug-likeness (QED) is 0.611. The molecule has 0 aromatic carbocycles. The van der Waals surface area contributed by atoms with Crippen LogP contribution in [0.15, 0.2) is 10.6 Å². The Morgan fingerprint density at radius 2 is 2.45 bits per heavy atom. The maximum absolute atomic E-state index is 4.92. The van der Waals surface area contributed by atoms with Crippen LogP contribution < -0.4 is 0 Å². The molecule has 1 heterocycles. The minimum absolute atomic E-state index is 0.647. The van der Waals surface area contributed by atoms with Crippen LogP contribution in [0.1, 0.15) is 11.5 Å². The summed E-state index contributed by atoms with van der Waals surface area (Å²) in [7, 11) is 3.46. The SMILES string of the molecule is CON(C)Cc1cc(C)on1. The Balaban J connectivity index is 2.50. The second-order valence-electron chi connectivity index (χ2n) is 2.40. The van der Waals surface area contributed by atoms with Crippen molar-refractivity contribution >= 4 is 0 Å². The molecule has 4 nitrogen and oxygen atoms in total. The zero-order valence-corrected chi connectivity index (χ0v) is 7.00. The van der Waals surface area contributed by atoms with Gasteiger partial charge in [0.25, 0.3) is 0 Å². The Morgan fingerprint density at radius 3 is 2.91 bits per heavy atom. The molecule has 0 amide bonds. The number of aryl methyl sites for hydroxylation is 1. The zero-order chi connectivity index (χ0) is 8.27. The predicted octanol–water partition coefficient (Wildman–Crippen LogP) is 0.976. The zero-order valence-electron chi connectivity index (χ0n) is 7.00. The third kappa shape index (κ3) is 2.32. The van der Waals surface area contributed by atoms with Gasteiger partial charge in [0.15, 0.2) is 0 Å². The first-order chi connectivity index (χ1) is 5.22. The van der Waals surface area contributed by atoms with Gasteiger partial charge in [0.1, 0.15) is 11.5 Å². The average Bonchev–Trinajstić information content (AvgIpc) is 2.35. The maximum atomic E-state index is 4.92. The minimum atomic E-state index is 0.647. The van der Waals surface area contributed by atoms with Crippen molar-refractivity contribution in [3.63, 3.8) is 0 Å². The van der Waals surface area contributed by atoms with Crippen LogP contribution in [0.2, 0.25) is 0 Å². The van der Waals surface area contributed by atoms with Gasteiger partial charge in [-0.15, -0.1) is 0 Å². The molecular weight excluding hydrogens is 144 g/mol. The molecular formula is C7H12N2O2. The standard InChI is InChI=1S/C7H12N2O2/c1-6-4-7(8-11-6)5-9(2)10-3/h4H,5H2,1-3H3. The molecule has 0 unspecified atom stereocenters. The van der Waals surface area contributed by atoms with Crippen molar-refractivity contribution in [1.29, 1.82) is 0 Å². The Bertz CT molecular complexity index is 222. The van der Waals surface area contributed by atoms with Crippen LogP contribution in [-0.4, -0.2) is 24.4 Å². The molecule has 0 fully saturated rings. The molecule has 0 aliphatic heterocycles. The number of nitrogens with zero attached hydrogens (tertiary/aromatic N) is 2. The maximum Gasteiger partial charge on any atom is 0.133 e. The second kappa shape index (κ2) is 3.50. The van der Waals surface area contributed by atoms with E-state index in [0.717, 1.165) is 11.5 Å². The highest BCUT2D eigenvalue weighted by atomic mass is 16.7. The summed E-state index contributed by atoms with van der Waals surface area (Å²) in [5.41, 5.74) is 0.881. The normalized spacial score (nSPS) is 10.9. The van der Waals surface area contributed by atoms with E-state index in [1.165, 1.54) is 0 Å². The topological polar surface area (TPSA) is 38.5 Å². The molecule has 1 aromatic heterocycles. The van der Waals surface area contributed by atoms with Gasteiger partial charge in [0.05, 0.1) is 13.7 Å². The molecule has 62 valence electrons. The lowest BCUT2D eigenvalue weighted by Gasteiger charge is -2.09. The van der Waals surface area contributed by atoms with Crippen molar-refractivity contribution in [3.05, 3.63) is 17.5 Å². The molecule has 0 aliphatic carbocycles. The predicted molar refractivity (Wildman–Crippen MR) is 39.7 cm³/mol. The fourth-order valence-electron chi connectivity index (χ4n) is 0.785. The van der Waals surface area contributed by atoms with Crippen LogP contribution in [0.5, 0.6) is 0 Å². The Labute approximate surface area is 65.7 Å². The van der Waals surface area contributed by atoms with E-state index >= 15 is 0 Å². The number of hydroxylamine groups is 2. The van der Waals surface area contributed by atoms with Crippen molar-refractivity contribution in [2.24, 2.45) is 0 Å². The van der Waals surface area contributed by atoms with E-state index in [1.54, 1.807) is 12.2 Å². The molecule has 1 rings (SSSR count). The van der Waals surface area contributed by atoms with Crippen molar-refractivity contribution in [1.82, 2.24) is 10.2 Å².